The summed E-state index contributed by atoms with van der Waals surface area (Å²) < 4.78 is 0. The van der Waals surface area contributed by atoms with Gasteiger partial charge in [0.15, 0.2) is 0 Å². The molecule has 1 aliphatic rings. The Hall–Kier alpha value is 0. The van der Waals surface area contributed by atoms with E-state index in [0.29, 0.717) is 0 Å². The van der Waals surface area contributed by atoms with E-state index in [4.69, 9.17) is 0 Å². The lowest BCUT2D eigenvalue weighted by molar-refractivity contribution is 0.0562. The molecule has 2 unspecified atom stereocenters. The fourth-order valence-electron chi connectivity index (χ4n) is 2.67. The third-order valence-electron chi connectivity index (χ3n) is 3.49. The highest BCUT2D eigenvalue weighted by Gasteiger charge is 2.36. The van der Waals surface area contributed by atoms with Crippen LogP contribution in [0.3, 0.4) is 0 Å². The molecule has 0 aliphatic heterocycles. The molecule has 1 aliphatic carbocycles. The maximum Gasteiger partial charge on any atom is -0.0358 e. The van der Waals surface area contributed by atoms with E-state index in [1.165, 1.54) is 32.1 Å². The van der Waals surface area contributed by atoms with E-state index in [2.05, 4.69) is 20.8 Å². The summed E-state index contributed by atoms with van der Waals surface area (Å²) in [7, 11) is 0. The average Bonchev–Trinajstić information content (AvgIpc) is 2.00. The zero-order valence-electron chi connectivity index (χ0n) is 8.27. The lowest BCUT2D eigenvalue weighted by atomic mass is 9.61. The summed E-state index contributed by atoms with van der Waals surface area (Å²) in [4.78, 5) is 0. The van der Waals surface area contributed by atoms with Gasteiger partial charge in [-0.3, -0.25) is 0 Å². The van der Waals surface area contributed by atoms with Crippen molar-refractivity contribution in [3.63, 3.8) is 0 Å². The molecule has 0 amide bonds. The van der Waals surface area contributed by atoms with Crippen molar-refractivity contribution in [3.8, 4) is 0 Å². The molecule has 0 nitrogen and oxygen atoms in total. The average molecular weight is 154 g/mol. The van der Waals surface area contributed by atoms with Crippen LogP contribution < -0.4 is 0 Å². The van der Waals surface area contributed by atoms with Gasteiger partial charge in [-0.05, 0) is 24.2 Å². The summed E-state index contributed by atoms with van der Waals surface area (Å²) in [5.74, 6) is 3.26. The van der Waals surface area contributed by atoms with E-state index in [0.717, 1.165) is 17.8 Å². The molecule has 0 heterocycles. The zero-order chi connectivity index (χ0) is 8.27. The quantitative estimate of drug-likeness (QED) is 0.577. The van der Waals surface area contributed by atoms with E-state index in [1.54, 1.807) is 0 Å². The van der Waals surface area contributed by atoms with Gasteiger partial charge in [0.1, 0.15) is 0 Å². The molecule has 1 fully saturated rings. The minimum atomic E-state index is 1.08. The summed E-state index contributed by atoms with van der Waals surface area (Å²) >= 11 is 0. The standard InChI is InChI=1S/C11H22/c1-4-7-11-9(5-2)8-10(11)6-3/h9-11H,4-8H2,1-3H3. The van der Waals surface area contributed by atoms with Crippen LogP contribution in [0.4, 0.5) is 0 Å². The molecule has 0 aromatic carbocycles. The minimum Gasteiger partial charge on any atom is -0.0654 e. The predicted octanol–water partition coefficient (Wildman–Crippen LogP) is 3.86. The van der Waals surface area contributed by atoms with E-state index in [-0.39, 0.29) is 0 Å². The molecule has 0 saturated heterocycles. The number of hydrogen-bond donors (Lipinski definition) is 0. The van der Waals surface area contributed by atoms with Crippen LogP contribution in [-0.4, -0.2) is 0 Å². The van der Waals surface area contributed by atoms with E-state index < -0.39 is 0 Å². The maximum absolute atomic E-state index is 2.35. The second-order valence-electron chi connectivity index (χ2n) is 4.02. The topological polar surface area (TPSA) is 0 Å². The summed E-state index contributed by atoms with van der Waals surface area (Å²) in [6.07, 6.45) is 7.23. The molecule has 0 radical (unpaired) electrons. The van der Waals surface area contributed by atoms with Crippen LogP contribution >= 0.6 is 0 Å². The molecule has 66 valence electrons. The first kappa shape index (κ1) is 9.09. The lowest BCUT2D eigenvalue weighted by Gasteiger charge is -2.44. The SMILES string of the molecule is CCCC1C(CC)CC1CC. The van der Waals surface area contributed by atoms with Gasteiger partial charge >= 0.3 is 0 Å². The molecule has 0 aromatic rings. The van der Waals surface area contributed by atoms with Crippen molar-refractivity contribution in [1.82, 2.24) is 0 Å². The molecule has 11 heavy (non-hydrogen) atoms. The zero-order valence-corrected chi connectivity index (χ0v) is 8.27. The Balaban J connectivity index is 2.30. The molecule has 0 N–H and O–H groups in total. The van der Waals surface area contributed by atoms with Crippen LogP contribution in [0.25, 0.3) is 0 Å². The van der Waals surface area contributed by atoms with E-state index in [9.17, 15) is 0 Å². The second-order valence-corrected chi connectivity index (χ2v) is 4.02. The van der Waals surface area contributed by atoms with Gasteiger partial charge in [0.05, 0.1) is 0 Å². The highest BCUT2D eigenvalue weighted by molar-refractivity contribution is 4.87. The monoisotopic (exact) mass is 154 g/mol. The predicted molar refractivity (Wildman–Crippen MR) is 50.6 cm³/mol. The molecule has 1 saturated carbocycles. The van der Waals surface area contributed by atoms with Crippen LogP contribution in [0.15, 0.2) is 0 Å². The molecule has 0 aromatic heterocycles. The van der Waals surface area contributed by atoms with Gasteiger partial charge in [0.2, 0.25) is 0 Å². The fourth-order valence-corrected chi connectivity index (χ4v) is 2.67. The normalized spacial score (nSPS) is 36.8. The van der Waals surface area contributed by atoms with Crippen molar-refractivity contribution in [2.45, 2.75) is 52.9 Å². The first-order valence-corrected chi connectivity index (χ1v) is 5.33. The smallest absolute Gasteiger partial charge is 0.0358 e. The van der Waals surface area contributed by atoms with Gasteiger partial charge in [0, 0.05) is 0 Å². The van der Waals surface area contributed by atoms with Gasteiger partial charge in [-0.25, -0.2) is 0 Å². The van der Waals surface area contributed by atoms with Crippen LogP contribution in [0.2, 0.25) is 0 Å². The first-order valence-electron chi connectivity index (χ1n) is 5.33. The lowest BCUT2D eigenvalue weighted by Crippen LogP contribution is -2.35. The summed E-state index contributed by atoms with van der Waals surface area (Å²) in [6.45, 7) is 7.01. The summed E-state index contributed by atoms with van der Waals surface area (Å²) in [5.41, 5.74) is 0. The molecule has 0 spiro atoms. The van der Waals surface area contributed by atoms with Crippen LogP contribution in [0, 0.1) is 17.8 Å². The van der Waals surface area contributed by atoms with Gasteiger partial charge in [-0.15, -0.1) is 0 Å². The molecule has 2 atom stereocenters. The Morgan fingerprint density at radius 1 is 1.00 bits per heavy atom. The molecule has 1 rings (SSSR count). The summed E-state index contributed by atoms with van der Waals surface area (Å²) in [6, 6.07) is 0. The van der Waals surface area contributed by atoms with Crippen molar-refractivity contribution in [1.29, 1.82) is 0 Å². The Labute approximate surface area is 71.4 Å². The van der Waals surface area contributed by atoms with Crippen molar-refractivity contribution >= 4 is 0 Å². The van der Waals surface area contributed by atoms with E-state index >= 15 is 0 Å². The van der Waals surface area contributed by atoms with Gasteiger partial charge in [-0.2, -0.15) is 0 Å². The molecular weight excluding hydrogens is 132 g/mol. The molecule has 0 bridgehead atoms. The van der Waals surface area contributed by atoms with Crippen LogP contribution in [-0.2, 0) is 0 Å². The van der Waals surface area contributed by atoms with E-state index in [1.807, 2.05) is 0 Å². The van der Waals surface area contributed by atoms with Gasteiger partial charge in [-0.1, -0.05) is 46.5 Å². The molecule has 0 heteroatoms. The third-order valence-corrected chi connectivity index (χ3v) is 3.49. The van der Waals surface area contributed by atoms with Gasteiger partial charge < -0.3 is 0 Å². The van der Waals surface area contributed by atoms with Crippen LogP contribution in [0.5, 0.6) is 0 Å². The Kier molecular flexibility index (Phi) is 3.42. The Bertz CT molecular complexity index is 96.6. The third kappa shape index (κ3) is 1.77. The number of rotatable bonds is 4. The first-order chi connectivity index (χ1) is 5.33. The number of hydrogen-bond acceptors (Lipinski definition) is 0. The van der Waals surface area contributed by atoms with Crippen molar-refractivity contribution in [2.75, 3.05) is 0 Å². The van der Waals surface area contributed by atoms with Crippen LogP contribution in [0.1, 0.15) is 52.9 Å². The maximum atomic E-state index is 2.35. The molecular formula is C11H22. The largest absolute Gasteiger partial charge is 0.0654 e. The van der Waals surface area contributed by atoms with Crippen molar-refractivity contribution < 1.29 is 0 Å². The Morgan fingerprint density at radius 2 is 1.55 bits per heavy atom. The Morgan fingerprint density at radius 3 is 1.91 bits per heavy atom. The highest BCUT2D eigenvalue weighted by Crippen LogP contribution is 2.46. The van der Waals surface area contributed by atoms with Gasteiger partial charge in [0.25, 0.3) is 0 Å². The minimum absolute atomic E-state index is 1.08. The van der Waals surface area contributed by atoms with Crippen molar-refractivity contribution in [2.24, 2.45) is 17.8 Å². The second kappa shape index (κ2) is 4.13. The fraction of sp³-hybridized carbons (Fsp3) is 1.00. The van der Waals surface area contributed by atoms with Crippen molar-refractivity contribution in [3.05, 3.63) is 0 Å². The summed E-state index contributed by atoms with van der Waals surface area (Å²) in [5, 5.41) is 0. The highest BCUT2D eigenvalue weighted by atomic mass is 14.4.